The maximum absolute atomic E-state index is 14.2. The fourth-order valence-electron chi connectivity index (χ4n) is 4.02. The van der Waals surface area contributed by atoms with Crippen LogP contribution in [-0.4, -0.2) is 50.8 Å². The van der Waals surface area contributed by atoms with Crippen LogP contribution >= 0.6 is 11.3 Å². The van der Waals surface area contributed by atoms with Crippen molar-refractivity contribution in [2.45, 2.75) is 37.5 Å². The zero-order valence-corrected chi connectivity index (χ0v) is 16.8. The SMILES string of the molecule is FC(F)(F)C1(c2nc(-c3cccnc3)no2)CCN(Cc2nc3c(s2)CNCC3)C1. The number of nitrogens with one attached hydrogen (secondary N) is 1. The molecule has 0 saturated carbocycles. The van der Waals surface area contributed by atoms with E-state index < -0.39 is 11.6 Å². The minimum Gasteiger partial charge on any atom is -0.338 e. The molecular weight excluding hydrogens is 417 g/mol. The van der Waals surface area contributed by atoms with Gasteiger partial charge in [0.1, 0.15) is 5.01 Å². The number of aromatic nitrogens is 4. The topological polar surface area (TPSA) is 80.0 Å². The molecule has 11 heteroatoms. The molecule has 7 nitrogen and oxygen atoms in total. The lowest BCUT2D eigenvalue weighted by atomic mass is 9.86. The molecule has 158 valence electrons. The Balaban J connectivity index is 1.39. The molecule has 3 aromatic heterocycles. The first-order valence-electron chi connectivity index (χ1n) is 9.66. The van der Waals surface area contributed by atoms with Crippen LogP contribution in [0.2, 0.25) is 0 Å². The van der Waals surface area contributed by atoms with E-state index in [0.29, 0.717) is 12.1 Å². The standard InChI is InChI=1S/C19H19F3N6OS/c20-19(21,22)18(17-26-16(27-29-17)12-2-1-5-23-8-12)4-7-28(11-18)10-15-25-13-3-6-24-9-14(13)30-15/h1-2,5,8,24H,3-4,6-7,9-11H2. The van der Waals surface area contributed by atoms with Gasteiger partial charge in [0.2, 0.25) is 11.7 Å². The second kappa shape index (κ2) is 7.40. The van der Waals surface area contributed by atoms with Crippen LogP contribution in [0.1, 0.15) is 27.9 Å². The van der Waals surface area contributed by atoms with Crippen LogP contribution in [0.25, 0.3) is 11.4 Å². The average molecular weight is 436 g/mol. The summed E-state index contributed by atoms with van der Waals surface area (Å²) in [6.07, 6.45) is -0.709. The highest BCUT2D eigenvalue weighted by Gasteiger charge is 2.62. The minimum absolute atomic E-state index is 0.111. The van der Waals surface area contributed by atoms with Gasteiger partial charge in [0.05, 0.1) is 12.2 Å². The van der Waals surface area contributed by atoms with Crippen LogP contribution in [0.15, 0.2) is 29.0 Å². The van der Waals surface area contributed by atoms with Crippen LogP contribution < -0.4 is 5.32 Å². The Kier molecular flexibility index (Phi) is 4.83. The first-order chi connectivity index (χ1) is 14.4. The predicted molar refractivity (Wildman–Crippen MR) is 103 cm³/mol. The Morgan fingerprint density at radius 2 is 2.20 bits per heavy atom. The molecule has 0 aliphatic carbocycles. The molecule has 2 aliphatic rings. The number of hydrogen-bond acceptors (Lipinski definition) is 8. The van der Waals surface area contributed by atoms with E-state index in [1.54, 1.807) is 34.6 Å². The maximum atomic E-state index is 14.2. The summed E-state index contributed by atoms with van der Waals surface area (Å²) in [7, 11) is 0. The normalized spacial score (nSPS) is 22.4. The van der Waals surface area contributed by atoms with Gasteiger partial charge in [0, 0.05) is 55.4 Å². The molecule has 1 atom stereocenters. The molecule has 0 spiro atoms. The number of pyridine rings is 1. The lowest BCUT2D eigenvalue weighted by molar-refractivity contribution is -0.193. The number of hydrogen-bond donors (Lipinski definition) is 1. The number of halogens is 3. The molecule has 3 aromatic rings. The number of fused-ring (bicyclic) bond motifs is 1. The van der Waals surface area contributed by atoms with Gasteiger partial charge in [-0.05, 0) is 18.6 Å². The second-order valence-corrected chi connectivity index (χ2v) is 8.78. The predicted octanol–water partition coefficient (Wildman–Crippen LogP) is 2.94. The van der Waals surface area contributed by atoms with Crippen molar-refractivity contribution in [2.24, 2.45) is 0 Å². The maximum Gasteiger partial charge on any atom is 0.404 e. The highest BCUT2D eigenvalue weighted by atomic mass is 32.1. The van der Waals surface area contributed by atoms with Crippen LogP contribution in [0.4, 0.5) is 13.2 Å². The van der Waals surface area contributed by atoms with Gasteiger partial charge in [0.25, 0.3) is 0 Å². The molecule has 0 amide bonds. The number of rotatable bonds is 4. The zero-order chi connectivity index (χ0) is 20.8. The lowest BCUT2D eigenvalue weighted by Crippen LogP contribution is -2.45. The van der Waals surface area contributed by atoms with Gasteiger partial charge in [-0.25, -0.2) is 4.98 Å². The molecular formula is C19H19F3N6OS. The fraction of sp³-hybridized carbons (Fsp3) is 0.474. The number of alkyl halides is 3. The summed E-state index contributed by atoms with van der Waals surface area (Å²) in [5.41, 5.74) is -0.603. The van der Waals surface area contributed by atoms with E-state index in [1.807, 2.05) is 0 Å². The largest absolute Gasteiger partial charge is 0.404 e. The summed E-state index contributed by atoms with van der Waals surface area (Å²) < 4.78 is 47.8. The molecule has 1 saturated heterocycles. The monoisotopic (exact) mass is 436 g/mol. The van der Waals surface area contributed by atoms with E-state index in [-0.39, 0.29) is 31.2 Å². The third-order valence-corrected chi connectivity index (χ3v) is 6.73. The van der Waals surface area contributed by atoms with E-state index in [4.69, 9.17) is 4.52 Å². The summed E-state index contributed by atoms with van der Waals surface area (Å²) in [5, 5.41) is 7.93. The minimum atomic E-state index is -4.51. The molecule has 1 N–H and O–H groups in total. The van der Waals surface area contributed by atoms with Gasteiger partial charge in [-0.3, -0.25) is 9.88 Å². The van der Waals surface area contributed by atoms with Crippen molar-refractivity contribution in [3.8, 4) is 11.4 Å². The summed E-state index contributed by atoms with van der Waals surface area (Å²) in [4.78, 5) is 15.7. The molecule has 1 unspecified atom stereocenters. The van der Waals surface area contributed by atoms with Gasteiger partial charge in [0.15, 0.2) is 5.41 Å². The van der Waals surface area contributed by atoms with Crippen LogP contribution in [0.5, 0.6) is 0 Å². The Morgan fingerprint density at radius 1 is 1.30 bits per heavy atom. The van der Waals surface area contributed by atoms with Crippen LogP contribution in [0, 0.1) is 0 Å². The van der Waals surface area contributed by atoms with Crippen LogP contribution in [0.3, 0.4) is 0 Å². The average Bonchev–Trinajstić information content (AvgIpc) is 3.46. The number of thiazole rings is 1. The zero-order valence-electron chi connectivity index (χ0n) is 15.9. The third kappa shape index (κ3) is 3.40. The molecule has 5 rings (SSSR count). The van der Waals surface area contributed by atoms with E-state index in [1.165, 1.54) is 11.1 Å². The van der Waals surface area contributed by atoms with Gasteiger partial charge in [-0.2, -0.15) is 18.2 Å². The third-order valence-electron chi connectivity index (χ3n) is 5.65. The molecule has 0 aromatic carbocycles. The van der Waals surface area contributed by atoms with Crippen molar-refractivity contribution in [2.75, 3.05) is 19.6 Å². The van der Waals surface area contributed by atoms with Gasteiger partial charge < -0.3 is 9.84 Å². The lowest BCUT2D eigenvalue weighted by Gasteiger charge is -2.27. The summed E-state index contributed by atoms with van der Waals surface area (Å²) in [5.74, 6) is -0.278. The number of likely N-dealkylation sites (tertiary alicyclic amines) is 1. The molecule has 5 heterocycles. The number of nitrogens with zero attached hydrogens (tertiary/aromatic N) is 5. The van der Waals surface area contributed by atoms with Crippen LogP contribution in [-0.2, 0) is 24.9 Å². The Hall–Kier alpha value is -2.37. The van der Waals surface area contributed by atoms with E-state index in [2.05, 4.69) is 25.4 Å². The van der Waals surface area contributed by atoms with Crippen molar-refractivity contribution in [3.63, 3.8) is 0 Å². The van der Waals surface area contributed by atoms with Crippen molar-refractivity contribution < 1.29 is 17.7 Å². The van der Waals surface area contributed by atoms with Crippen molar-refractivity contribution in [1.29, 1.82) is 0 Å². The second-order valence-electron chi connectivity index (χ2n) is 7.61. The summed E-state index contributed by atoms with van der Waals surface area (Å²) in [6, 6.07) is 3.35. The van der Waals surface area contributed by atoms with Crippen molar-refractivity contribution in [3.05, 3.63) is 46.0 Å². The summed E-state index contributed by atoms with van der Waals surface area (Å²) >= 11 is 1.57. The smallest absolute Gasteiger partial charge is 0.338 e. The van der Waals surface area contributed by atoms with Gasteiger partial charge in [-0.15, -0.1) is 11.3 Å². The first-order valence-corrected chi connectivity index (χ1v) is 10.5. The molecule has 0 radical (unpaired) electrons. The first kappa shape index (κ1) is 19.6. The highest BCUT2D eigenvalue weighted by molar-refractivity contribution is 7.11. The van der Waals surface area contributed by atoms with Crippen molar-refractivity contribution in [1.82, 2.24) is 30.3 Å². The van der Waals surface area contributed by atoms with E-state index >= 15 is 0 Å². The van der Waals surface area contributed by atoms with E-state index in [9.17, 15) is 13.2 Å². The molecule has 1 fully saturated rings. The molecule has 30 heavy (non-hydrogen) atoms. The highest BCUT2D eigenvalue weighted by Crippen LogP contribution is 2.47. The van der Waals surface area contributed by atoms with E-state index in [0.717, 1.165) is 30.2 Å². The Bertz CT molecular complexity index is 1010. The quantitative estimate of drug-likeness (QED) is 0.674. The van der Waals surface area contributed by atoms with Crippen molar-refractivity contribution >= 4 is 11.3 Å². The molecule has 0 bridgehead atoms. The Morgan fingerprint density at radius 3 is 2.97 bits per heavy atom. The van der Waals surface area contributed by atoms with Gasteiger partial charge in [-0.1, -0.05) is 5.16 Å². The molecule has 2 aliphatic heterocycles. The van der Waals surface area contributed by atoms with Gasteiger partial charge >= 0.3 is 6.18 Å². The summed E-state index contributed by atoms with van der Waals surface area (Å²) in [6.45, 7) is 2.10. The Labute approximate surface area is 174 Å². The fourth-order valence-corrected chi connectivity index (χ4v) is 5.15.